The lowest BCUT2D eigenvalue weighted by Crippen LogP contribution is -2.53. The molecule has 3 N–H and O–H groups in total. The summed E-state index contributed by atoms with van der Waals surface area (Å²) in [4.78, 5) is 45.4. The van der Waals surface area contributed by atoms with E-state index in [9.17, 15) is 19.2 Å². The number of carbonyl (C=O) groups excluding carboxylic acids is 4. The van der Waals surface area contributed by atoms with Gasteiger partial charge in [0.25, 0.3) is 0 Å². The van der Waals surface area contributed by atoms with Gasteiger partial charge in [-0.15, -0.1) is 0 Å². The number of hydrogen-bond acceptors (Lipinski definition) is 5. The topological polar surface area (TPSA) is 114 Å². The van der Waals surface area contributed by atoms with Gasteiger partial charge in [0.1, 0.15) is 18.1 Å². The highest BCUT2D eigenvalue weighted by Crippen LogP contribution is 1.91. The predicted molar refractivity (Wildman–Crippen MR) is 70.5 cm³/mol. The summed E-state index contributed by atoms with van der Waals surface area (Å²) in [5.74, 6) is -1.94. The second-order valence-corrected chi connectivity index (χ2v) is 4.41. The molecule has 0 rings (SSSR count). The van der Waals surface area contributed by atoms with Crippen molar-refractivity contribution in [2.24, 2.45) is 0 Å². The SMILES string of the molecule is COC(=O)[C@@H](C)NC(=O)[C@@H](C)NC(=O)[C@@H](C)NC(C)=O. The van der Waals surface area contributed by atoms with Crippen LogP contribution >= 0.6 is 0 Å². The molecule has 8 nitrogen and oxygen atoms in total. The van der Waals surface area contributed by atoms with Gasteiger partial charge in [0.15, 0.2) is 0 Å². The van der Waals surface area contributed by atoms with Crippen LogP contribution in [0.1, 0.15) is 27.7 Å². The van der Waals surface area contributed by atoms with Crippen LogP contribution in [0.2, 0.25) is 0 Å². The van der Waals surface area contributed by atoms with Crippen LogP contribution in [0.5, 0.6) is 0 Å². The Hall–Kier alpha value is -2.12. The van der Waals surface area contributed by atoms with E-state index >= 15 is 0 Å². The van der Waals surface area contributed by atoms with Crippen LogP contribution in [-0.4, -0.2) is 48.9 Å². The zero-order chi connectivity index (χ0) is 15.9. The molecule has 0 aromatic heterocycles. The number of amides is 3. The summed E-state index contributed by atoms with van der Waals surface area (Å²) >= 11 is 0. The summed E-state index contributed by atoms with van der Waals surface area (Å²) in [7, 11) is 1.21. The minimum absolute atomic E-state index is 0.343. The molecule has 0 aromatic carbocycles. The monoisotopic (exact) mass is 287 g/mol. The number of methoxy groups -OCH3 is 1. The normalized spacial score (nSPS) is 14.4. The van der Waals surface area contributed by atoms with Crippen molar-refractivity contribution < 1.29 is 23.9 Å². The first-order valence-electron chi connectivity index (χ1n) is 6.14. The van der Waals surface area contributed by atoms with Crippen molar-refractivity contribution in [1.29, 1.82) is 0 Å². The van der Waals surface area contributed by atoms with Crippen LogP contribution in [0.4, 0.5) is 0 Å². The zero-order valence-corrected chi connectivity index (χ0v) is 12.3. The van der Waals surface area contributed by atoms with Gasteiger partial charge in [-0.25, -0.2) is 4.79 Å². The van der Waals surface area contributed by atoms with E-state index in [-0.39, 0.29) is 5.91 Å². The van der Waals surface area contributed by atoms with Crippen LogP contribution in [0, 0.1) is 0 Å². The minimum atomic E-state index is -0.842. The molecule has 20 heavy (non-hydrogen) atoms. The molecule has 0 heterocycles. The molecule has 0 aliphatic rings. The average Bonchev–Trinajstić information content (AvgIpc) is 2.36. The molecule has 0 spiro atoms. The maximum absolute atomic E-state index is 11.7. The maximum Gasteiger partial charge on any atom is 0.328 e. The van der Waals surface area contributed by atoms with Crippen LogP contribution in [0.15, 0.2) is 0 Å². The van der Waals surface area contributed by atoms with Gasteiger partial charge in [-0.05, 0) is 20.8 Å². The first-order valence-corrected chi connectivity index (χ1v) is 6.14. The van der Waals surface area contributed by atoms with E-state index < -0.39 is 35.9 Å². The Balaban J connectivity index is 4.35. The molecule has 0 fully saturated rings. The second kappa shape index (κ2) is 8.13. The third kappa shape index (κ3) is 6.17. The van der Waals surface area contributed by atoms with Crippen LogP contribution < -0.4 is 16.0 Å². The number of ether oxygens (including phenoxy) is 1. The fourth-order valence-corrected chi connectivity index (χ4v) is 1.35. The van der Waals surface area contributed by atoms with Gasteiger partial charge in [-0.3, -0.25) is 14.4 Å². The largest absolute Gasteiger partial charge is 0.467 e. The van der Waals surface area contributed by atoms with E-state index in [0.717, 1.165) is 0 Å². The summed E-state index contributed by atoms with van der Waals surface area (Å²) in [6.07, 6.45) is 0. The number of nitrogens with one attached hydrogen (secondary N) is 3. The van der Waals surface area contributed by atoms with E-state index in [1.54, 1.807) is 0 Å². The molecule has 3 atom stereocenters. The number of carbonyl (C=O) groups is 4. The fourth-order valence-electron chi connectivity index (χ4n) is 1.35. The Morgan fingerprint density at radius 1 is 0.800 bits per heavy atom. The van der Waals surface area contributed by atoms with Crippen molar-refractivity contribution in [2.45, 2.75) is 45.8 Å². The lowest BCUT2D eigenvalue weighted by Gasteiger charge is -2.19. The molecule has 3 amide bonds. The summed E-state index contributed by atoms with van der Waals surface area (Å²) < 4.78 is 4.47. The summed E-state index contributed by atoms with van der Waals surface area (Å²) in [5, 5.41) is 7.23. The number of hydrogen-bond donors (Lipinski definition) is 3. The van der Waals surface area contributed by atoms with E-state index in [2.05, 4.69) is 20.7 Å². The maximum atomic E-state index is 11.7. The van der Waals surface area contributed by atoms with Crippen LogP contribution in [0.25, 0.3) is 0 Å². The first kappa shape index (κ1) is 17.9. The van der Waals surface area contributed by atoms with E-state index in [4.69, 9.17) is 0 Å². The predicted octanol–water partition coefficient (Wildman–Crippen LogP) is -1.31. The van der Waals surface area contributed by atoms with Gasteiger partial charge >= 0.3 is 5.97 Å². The van der Waals surface area contributed by atoms with Gasteiger partial charge in [0.05, 0.1) is 7.11 Å². The Bertz CT molecular complexity index is 397. The molecular weight excluding hydrogens is 266 g/mol. The summed E-state index contributed by atoms with van der Waals surface area (Å²) in [6, 6.07) is -2.40. The van der Waals surface area contributed by atoms with Crippen molar-refractivity contribution in [3.8, 4) is 0 Å². The molecule has 0 aromatic rings. The van der Waals surface area contributed by atoms with Crippen molar-refractivity contribution in [1.82, 2.24) is 16.0 Å². The first-order chi connectivity index (χ1) is 9.18. The highest BCUT2D eigenvalue weighted by Gasteiger charge is 2.23. The lowest BCUT2D eigenvalue weighted by atomic mass is 10.2. The highest BCUT2D eigenvalue weighted by atomic mass is 16.5. The van der Waals surface area contributed by atoms with Gasteiger partial charge < -0.3 is 20.7 Å². The van der Waals surface area contributed by atoms with Gasteiger partial charge in [-0.1, -0.05) is 0 Å². The molecule has 0 saturated carbocycles. The minimum Gasteiger partial charge on any atom is -0.467 e. The Kier molecular flexibility index (Phi) is 7.27. The van der Waals surface area contributed by atoms with E-state index in [1.807, 2.05) is 0 Å². The Morgan fingerprint density at radius 3 is 1.60 bits per heavy atom. The average molecular weight is 287 g/mol. The molecule has 114 valence electrons. The van der Waals surface area contributed by atoms with Crippen molar-refractivity contribution in [3.63, 3.8) is 0 Å². The fraction of sp³-hybridized carbons (Fsp3) is 0.667. The Labute approximate surface area is 117 Å². The quantitative estimate of drug-likeness (QED) is 0.525. The molecule has 0 unspecified atom stereocenters. The van der Waals surface area contributed by atoms with Crippen LogP contribution in [0.3, 0.4) is 0 Å². The third-order valence-corrected chi connectivity index (χ3v) is 2.48. The van der Waals surface area contributed by atoms with Gasteiger partial charge in [0.2, 0.25) is 17.7 Å². The van der Waals surface area contributed by atoms with E-state index in [1.165, 1.54) is 34.8 Å². The van der Waals surface area contributed by atoms with Crippen molar-refractivity contribution in [3.05, 3.63) is 0 Å². The molecule has 0 saturated heterocycles. The Morgan fingerprint density at radius 2 is 1.20 bits per heavy atom. The van der Waals surface area contributed by atoms with Crippen LogP contribution in [-0.2, 0) is 23.9 Å². The molecule has 0 aliphatic heterocycles. The lowest BCUT2D eigenvalue weighted by molar-refractivity contribution is -0.144. The second-order valence-electron chi connectivity index (χ2n) is 4.41. The summed E-state index contributed by atoms with van der Waals surface area (Å²) in [5.41, 5.74) is 0. The smallest absolute Gasteiger partial charge is 0.328 e. The standard InChI is InChI=1S/C12H21N3O5/c1-6(13-9(4)16)10(17)14-7(2)11(18)15-8(3)12(19)20-5/h6-8H,1-5H3,(H,13,16)(H,14,17)(H,15,18)/t6-,7-,8-/m1/s1. The molecule has 8 heteroatoms. The van der Waals surface area contributed by atoms with Crippen molar-refractivity contribution in [2.75, 3.05) is 7.11 Å². The number of rotatable bonds is 6. The van der Waals surface area contributed by atoms with Crippen molar-refractivity contribution >= 4 is 23.7 Å². The van der Waals surface area contributed by atoms with Gasteiger partial charge in [-0.2, -0.15) is 0 Å². The highest BCUT2D eigenvalue weighted by molar-refractivity contribution is 5.92. The molecular formula is C12H21N3O5. The molecule has 0 radical (unpaired) electrons. The summed E-state index contributed by atoms with van der Waals surface area (Å²) in [6.45, 7) is 5.73. The van der Waals surface area contributed by atoms with E-state index in [0.29, 0.717) is 0 Å². The molecule has 0 bridgehead atoms. The third-order valence-electron chi connectivity index (χ3n) is 2.48. The van der Waals surface area contributed by atoms with Gasteiger partial charge in [0, 0.05) is 6.92 Å². The molecule has 0 aliphatic carbocycles. The zero-order valence-electron chi connectivity index (χ0n) is 12.3. The number of esters is 1.